The molecular weight excluding hydrogens is 303 g/mol. The number of fused-ring (bicyclic) bond motifs is 1. The van der Waals surface area contributed by atoms with Crippen LogP contribution >= 0.6 is 11.3 Å². The minimum absolute atomic E-state index is 0.242. The molecule has 0 atom stereocenters. The first-order valence-corrected chi connectivity index (χ1v) is 6.90. The number of aromatic nitrogens is 4. The van der Waals surface area contributed by atoms with Crippen molar-refractivity contribution in [1.82, 2.24) is 19.8 Å². The van der Waals surface area contributed by atoms with Gasteiger partial charge in [0.25, 0.3) is 0 Å². The average Bonchev–Trinajstić information content (AvgIpc) is 2.97. The highest BCUT2D eigenvalue weighted by Crippen LogP contribution is 2.36. The molecule has 0 fully saturated rings. The number of benzene rings is 1. The zero-order valence-corrected chi connectivity index (χ0v) is 11.7. The quantitative estimate of drug-likeness (QED) is 0.738. The van der Waals surface area contributed by atoms with E-state index < -0.39 is 11.7 Å². The standard InChI is InChI=1S/C12H10F3N5S/c1-2-9-17-18-11-20(9)19-10(21-11)7-5-6(12(13,14)15)3-4-8(7)16/h3-5H,2,16H2,1H3. The molecule has 5 nitrogen and oxygen atoms in total. The first kappa shape index (κ1) is 13.8. The first-order chi connectivity index (χ1) is 9.90. The van der Waals surface area contributed by atoms with Crippen LogP contribution in [-0.2, 0) is 12.6 Å². The SMILES string of the molecule is CCc1nnc2sc(-c3cc(C(F)(F)F)ccc3N)nn12. The minimum atomic E-state index is -4.42. The molecule has 0 saturated heterocycles. The number of nitrogens with zero attached hydrogens (tertiary/aromatic N) is 4. The molecular formula is C12H10F3N5S. The maximum Gasteiger partial charge on any atom is 0.416 e. The third kappa shape index (κ3) is 2.33. The maximum atomic E-state index is 12.8. The molecule has 0 aliphatic carbocycles. The molecule has 0 amide bonds. The number of alkyl halides is 3. The number of hydrogen-bond donors (Lipinski definition) is 1. The van der Waals surface area contributed by atoms with Gasteiger partial charge < -0.3 is 5.73 Å². The van der Waals surface area contributed by atoms with E-state index in [9.17, 15) is 13.2 Å². The molecule has 0 aliphatic heterocycles. The van der Waals surface area contributed by atoms with Gasteiger partial charge in [0.15, 0.2) is 5.82 Å². The predicted octanol–water partition coefficient (Wildman–Crippen LogP) is 3.02. The summed E-state index contributed by atoms with van der Waals surface area (Å²) < 4.78 is 39.9. The average molecular weight is 313 g/mol. The highest BCUT2D eigenvalue weighted by Gasteiger charge is 2.31. The van der Waals surface area contributed by atoms with Crippen molar-refractivity contribution in [3.8, 4) is 10.6 Å². The molecule has 2 aromatic heterocycles. The Labute approximate surface area is 121 Å². The summed E-state index contributed by atoms with van der Waals surface area (Å²) in [5, 5.41) is 12.5. The third-order valence-corrected chi connectivity index (χ3v) is 3.91. The fourth-order valence-electron chi connectivity index (χ4n) is 1.90. The van der Waals surface area contributed by atoms with E-state index >= 15 is 0 Å². The van der Waals surface area contributed by atoms with Crippen LogP contribution in [0.25, 0.3) is 15.5 Å². The molecule has 0 radical (unpaired) electrons. The predicted molar refractivity (Wildman–Crippen MR) is 72.9 cm³/mol. The van der Waals surface area contributed by atoms with Crippen molar-refractivity contribution in [3.63, 3.8) is 0 Å². The van der Waals surface area contributed by atoms with Gasteiger partial charge in [-0.2, -0.15) is 22.8 Å². The summed E-state index contributed by atoms with van der Waals surface area (Å²) in [6.45, 7) is 1.90. The fourth-order valence-corrected chi connectivity index (χ4v) is 2.80. The molecule has 1 aromatic carbocycles. The fraction of sp³-hybridized carbons (Fsp3) is 0.250. The number of nitrogens with two attached hydrogens (primary N) is 1. The zero-order valence-electron chi connectivity index (χ0n) is 10.8. The van der Waals surface area contributed by atoms with Gasteiger partial charge in [0.2, 0.25) is 4.96 Å². The lowest BCUT2D eigenvalue weighted by Crippen LogP contribution is -2.05. The highest BCUT2D eigenvalue weighted by molar-refractivity contribution is 7.19. The topological polar surface area (TPSA) is 69.1 Å². The number of aryl methyl sites for hydroxylation is 1. The van der Waals surface area contributed by atoms with E-state index in [1.807, 2.05) is 6.92 Å². The van der Waals surface area contributed by atoms with Crippen LogP contribution in [0, 0.1) is 0 Å². The normalized spacial score (nSPS) is 12.2. The Hall–Kier alpha value is -2.16. The molecule has 21 heavy (non-hydrogen) atoms. The van der Waals surface area contributed by atoms with Crippen molar-refractivity contribution in [1.29, 1.82) is 0 Å². The van der Waals surface area contributed by atoms with E-state index in [1.165, 1.54) is 10.6 Å². The molecule has 2 N–H and O–H groups in total. The van der Waals surface area contributed by atoms with Crippen molar-refractivity contribution in [3.05, 3.63) is 29.6 Å². The second kappa shape index (κ2) is 4.69. The molecule has 9 heteroatoms. The van der Waals surface area contributed by atoms with Crippen LogP contribution in [0.2, 0.25) is 0 Å². The maximum absolute atomic E-state index is 12.8. The van der Waals surface area contributed by atoms with E-state index in [-0.39, 0.29) is 11.3 Å². The van der Waals surface area contributed by atoms with Crippen molar-refractivity contribution in [2.45, 2.75) is 19.5 Å². The third-order valence-electron chi connectivity index (χ3n) is 2.98. The van der Waals surface area contributed by atoms with Gasteiger partial charge in [-0.15, -0.1) is 10.2 Å². The first-order valence-electron chi connectivity index (χ1n) is 6.08. The lowest BCUT2D eigenvalue weighted by molar-refractivity contribution is -0.137. The van der Waals surface area contributed by atoms with Crippen LogP contribution in [0.5, 0.6) is 0 Å². The van der Waals surface area contributed by atoms with Gasteiger partial charge in [-0.3, -0.25) is 0 Å². The lowest BCUT2D eigenvalue weighted by atomic mass is 10.1. The molecule has 0 bridgehead atoms. The van der Waals surface area contributed by atoms with Gasteiger partial charge >= 0.3 is 6.18 Å². The summed E-state index contributed by atoms with van der Waals surface area (Å²) >= 11 is 1.15. The molecule has 3 aromatic rings. The van der Waals surface area contributed by atoms with Crippen molar-refractivity contribution < 1.29 is 13.2 Å². The number of anilines is 1. The smallest absolute Gasteiger partial charge is 0.398 e. The summed E-state index contributed by atoms with van der Waals surface area (Å²) in [7, 11) is 0. The summed E-state index contributed by atoms with van der Waals surface area (Å²) in [6.07, 6.45) is -3.79. The van der Waals surface area contributed by atoms with E-state index in [0.717, 1.165) is 23.5 Å². The molecule has 0 unspecified atom stereocenters. The lowest BCUT2D eigenvalue weighted by Gasteiger charge is -2.09. The van der Waals surface area contributed by atoms with Crippen molar-refractivity contribution >= 4 is 22.0 Å². The van der Waals surface area contributed by atoms with E-state index in [2.05, 4.69) is 15.3 Å². The van der Waals surface area contributed by atoms with Crippen LogP contribution in [0.15, 0.2) is 18.2 Å². The van der Waals surface area contributed by atoms with Crippen molar-refractivity contribution in [2.75, 3.05) is 5.73 Å². The summed E-state index contributed by atoms with van der Waals surface area (Å²) in [4.78, 5) is 0.527. The Bertz CT molecular complexity index is 805. The summed E-state index contributed by atoms with van der Waals surface area (Å²) in [5.74, 6) is 0.651. The van der Waals surface area contributed by atoms with E-state index in [4.69, 9.17) is 5.73 Å². The van der Waals surface area contributed by atoms with E-state index in [0.29, 0.717) is 22.2 Å². The molecule has 0 spiro atoms. The monoisotopic (exact) mass is 313 g/mol. The van der Waals surface area contributed by atoms with Gasteiger partial charge in [0, 0.05) is 17.7 Å². The minimum Gasteiger partial charge on any atom is -0.398 e. The Morgan fingerprint density at radius 2 is 2.05 bits per heavy atom. The Morgan fingerprint density at radius 3 is 2.71 bits per heavy atom. The zero-order chi connectivity index (χ0) is 15.2. The number of hydrogen-bond acceptors (Lipinski definition) is 5. The Kier molecular flexibility index (Phi) is 3.08. The van der Waals surface area contributed by atoms with E-state index in [1.54, 1.807) is 0 Å². The summed E-state index contributed by atoms with van der Waals surface area (Å²) in [5.41, 5.74) is 5.52. The van der Waals surface area contributed by atoms with Gasteiger partial charge in [-0.1, -0.05) is 18.3 Å². The molecule has 110 valence electrons. The van der Waals surface area contributed by atoms with Gasteiger partial charge in [-0.05, 0) is 18.2 Å². The van der Waals surface area contributed by atoms with Gasteiger partial charge in [0.05, 0.1) is 5.56 Å². The molecule has 2 heterocycles. The van der Waals surface area contributed by atoms with Crippen LogP contribution in [0.4, 0.5) is 18.9 Å². The van der Waals surface area contributed by atoms with Crippen LogP contribution < -0.4 is 5.73 Å². The van der Waals surface area contributed by atoms with Crippen molar-refractivity contribution in [2.24, 2.45) is 0 Å². The van der Waals surface area contributed by atoms with Gasteiger partial charge in [-0.25, -0.2) is 0 Å². The molecule has 3 rings (SSSR count). The van der Waals surface area contributed by atoms with Crippen LogP contribution in [0.1, 0.15) is 18.3 Å². The molecule has 0 aliphatic rings. The van der Waals surface area contributed by atoms with Crippen LogP contribution in [-0.4, -0.2) is 19.8 Å². The summed E-state index contributed by atoms with van der Waals surface area (Å²) in [6, 6.07) is 3.20. The number of nitrogen functional groups attached to an aromatic ring is 1. The largest absolute Gasteiger partial charge is 0.416 e. The highest BCUT2D eigenvalue weighted by atomic mass is 32.1. The second-order valence-corrected chi connectivity index (χ2v) is 5.33. The van der Waals surface area contributed by atoms with Crippen LogP contribution in [0.3, 0.4) is 0 Å². The molecule has 0 saturated carbocycles. The Morgan fingerprint density at radius 1 is 1.29 bits per heavy atom. The second-order valence-electron chi connectivity index (χ2n) is 4.37. The number of rotatable bonds is 2. The Balaban J connectivity index is 2.15. The number of halogens is 3. The van der Waals surface area contributed by atoms with Gasteiger partial charge in [0.1, 0.15) is 5.01 Å².